The van der Waals surface area contributed by atoms with E-state index in [2.05, 4.69) is 20.6 Å². The summed E-state index contributed by atoms with van der Waals surface area (Å²) in [6.07, 6.45) is 2.89. The van der Waals surface area contributed by atoms with E-state index in [9.17, 15) is 9.90 Å². The van der Waals surface area contributed by atoms with E-state index in [0.29, 0.717) is 5.69 Å². The van der Waals surface area contributed by atoms with E-state index < -0.39 is 0 Å². The third kappa shape index (κ3) is 3.14. The van der Waals surface area contributed by atoms with Gasteiger partial charge in [-0.3, -0.25) is 14.6 Å². The number of aromatic nitrogens is 4. The summed E-state index contributed by atoms with van der Waals surface area (Å²) >= 11 is 0. The molecule has 124 valence electrons. The molecule has 7 heteroatoms. The largest absolute Gasteiger partial charge is 0.393 e. The summed E-state index contributed by atoms with van der Waals surface area (Å²) in [5, 5.41) is 24.0. The number of aromatic amines is 1. The molecule has 1 saturated carbocycles. The van der Waals surface area contributed by atoms with Crippen LogP contribution in [0, 0.1) is 13.8 Å². The fourth-order valence-corrected chi connectivity index (χ4v) is 3.19. The average molecular weight is 317 g/mol. The van der Waals surface area contributed by atoms with Gasteiger partial charge in [-0.25, -0.2) is 0 Å². The Labute approximate surface area is 135 Å². The molecule has 0 radical (unpaired) electrons. The van der Waals surface area contributed by atoms with E-state index in [1.165, 1.54) is 0 Å². The number of rotatable bonds is 3. The Morgan fingerprint density at radius 3 is 2.65 bits per heavy atom. The van der Waals surface area contributed by atoms with Gasteiger partial charge in [-0.2, -0.15) is 10.2 Å². The summed E-state index contributed by atoms with van der Waals surface area (Å²) < 4.78 is 1.81. The lowest BCUT2D eigenvalue weighted by Crippen LogP contribution is -2.38. The van der Waals surface area contributed by atoms with Crippen LogP contribution in [-0.4, -0.2) is 43.1 Å². The number of carbonyl (C=O) groups is 1. The molecule has 1 aliphatic rings. The van der Waals surface area contributed by atoms with E-state index in [-0.39, 0.29) is 18.1 Å². The van der Waals surface area contributed by atoms with Gasteiger partial charge in [0, 0.05) is 24.3 Å². The molecule has 0 aromatic carbocycles. The number of aliphatic hydroxyl groups excluding tert-OH is 1. The van der Waals surface area contributed by atoms with Crippen LogP contribution in [0.25, 0.3) is 11.3 Å². The quantitative estimate of drug-likeness (QED) is 0.798. The molecule has 2 aromatic heterocycles. The Morgan fingerprint density at radius 2 is 2.04 bits per heavy atom. The van der Waals surface area contributed by atoms with Gasteiger partial charge >= 0.3 is 0 Å². The molecule has 1 amide bonds. The maximum Gasteiger partial charge on any atom is 0.269 e. The number of nitrogens with one attached hydrogen (secondary N) is 2. The van der Waals surface area contributed by atoms with Gasteiger partial charge in [0.25, 0.3) is 5.91 Å². The van der Waals surface area contributed by atoms with Gasteiger partial charge in [0.1, 0.15) is 5.69 Å². The Bertz CT molecular complexity index is 710. The molecule has 7 nitrogen and oxygen atoms in total. The van der Waals surface area contributed by atoms with E-state index in [1.807, 2.05) is 25.6 Å². The first-order valence-corrected chi connectivity index (χ1v) is 8.00. The number of aryl methyl sites for hydroxylation is 2. The van der Waals surface area contributed by atoms with Crippen molar-refractivity contribution in [1.82, 2.24) is 25.3 Å². The lowest BCUT2D eigenvalue weighted by atomic mass is 9.93. The summed E-state index contributed by atoms with van der Waals surface area (Å²) in [4.78, 5) is 12.3. The third-order valence-corrected chi connectivity index (χ3v) is 4.62. The number of hydrogen-bond acceptors (Lipinski definition) is 4. The molecule has 23 heavy (non-hydrogen) atoms. The summed E-state index contributed by atoms with van der Waals surface area (Å²) in [6, 6.07) is 1.89. The molecule has 3 N–H and O–H groups in total. The Kier molecular flexibility index (Phi) is 4.21. The minimum atomic E-state index is -0.224. The Balaban J connectivity index is 1.72. The normalized spacial score (nSPS) is 21.4. The molecule has 0 spiro atoms. The van der Waals surface area contributed by atoms with Crippen LogP contribution in [0.4, 0.5) is 0 Å². The Hall–Kier alpha value is -2.15. The SMILES string of the molecule is Cc1nn(C)c(C)c1-c1cc(C(=O)NC2CCC(O)CC2)[nH]n1. The van der Waals surface area contributed by atoms with Gasteiger partial charge in [-0.1, -0.05) is 0 Å². The minimum Gasteiger partial charge on any atom is -0.393 e. The second-order valence-corrected chi connectivity index (χ2v) is 6.32. The van der Waals surface area contributed by atoms with Gasteiger partial charge in [-0.05, 0) is 45.6 Å². The number of nitrogens with zero attached hydrogens (tertiary/aromatic N) is 3. The summed E-state index contributed by atoms with van der Waals surface area (Å²) in [6.45, 7) is 3.92. The van der Waals surface area contributed by atoms with Crippen molar-refractivity contribution in [2.45, 2.75) is 51.7 Å². The van der Waals surface area contributed by atoms with Crippen LogP contribution in [0.2, 0.25) is 0 Å². The van der Waals surface area contributed by atoms with Crippen molar-refractivity contribution in [1.29, 1.82) is 0 Å². The van der Waals surface area contributed by atoms with Gasteiger partial charge in [0.15, 0.2) is 0 Å². The van der Waals surface area contributed by atoms with Crippen LogP contribution >= 0.6 is 0 Å². The van der Waals surface area contributed by atoms with E-state index >= 15 is 0 Å². The van der Waals surface area contributed by atoms with Crippen LogP contribution in [-0.2, 0) is 7.05 Å². The Morgan fingerprint density at radius 1 is 1.35 bits per heavy atom. The van der Waals surface area contributed by atoms with Crippen LogP contribution in [0.1, 0.15) is 47.6 Å². The molecular weight excluding hydrogens is 294 g/mol. The number of aliphatic hydroxyl groups is 1. The maximum atomic E-state index is 12.3. The molecule has 0 saturated heterocycles. The molecule has 3 rings (SSSR count). The summed E-state index contributed by atoms with van der Waals surface area (Å²) in [5.74, 6) is -0.149. The van der Waals surface area contributed by atoms with Crippen molar-refractivity contribution in [2.75, 3.05) is 0 Å². The zero-order chi connectivity index (χ0) is 16.6. The number of carbonyl (C=O) groups excluding carboxylic acids is 1. The van der Waals surface area contributed by atoms with Crippen molar-refractivity contribution in [3.63, 3.8) is 0 Å². The fourth-order valence-electron chi connectivity index (χ4n) is 3.19. The van der Waals surface area contributed by atoms with Crippen molar-refractivity contribution in [3.8, 4) is 11.3 Å². The molecule has 0 aliphatic heterocycles. The molecule has 2 heterocycles. The topological polar surface area (TPSA) is 95.8 Å². The molecule has 2 aromatic rings. The standard InChI is InChI=1S/C16H23N5O2/c1-9-15(10(2)21(3)20-9)13-8-14(19-18-13)16(23)17-11-4-6-12(22)7-5-11/h8,11-12,22H,4-7H2,1-3H3,(H,17,23)(H,18,19). The highest BCUT2D eigenvalue weighted by Crippen LogP contribution is 2.25. The fraction of sp³-hybridized carbons (Fsp3) is 0.562. The smallest absolute Gasteiger partial charge is 0.269 e. The molecule has 0 unspecified atom stereocenters. The second kappa shape index (κ2) is 6.16. The zero-order valence-electron chi connectivity index (χ0n) is 13.8. The van der Waals surface area contributed by atoms with Crippen molar-refractivity contribution < 1.29 is 9.90 Å². The van der Waals surface area contributed by atoms with E-state index in [1.54, 1.807) is 6.07 Å². The van der Waals surface area contributed by atoms with Crippen LogP contribution in [0.15, 0.2) is 6.07 Å². The van der Waals surface area contributed by atoms with Crippen LogP contribution in [0.5, 0.6) is 0 Å². The van der Waals surface area contributed by atoms with Crippen molar-refractivity contribution in [3.05, 3.63) is 23.1 Å². The van der Waals surface area contributed by atoms with Gasteiger partial charge in [-0.15, -0.1) is 0 Å². The number of H-pyrrole nitrogens is 1. The second-order valence-electron chi connectivity index (χ2n) is 6.32. The van der Waals surface area contributed by atoms with Gasteiger partial charge in [0.05, 0.1) is 17.5 Å². The first-order chi connectivity index (χ1) is 11.0. The highest BCUT2D eigenvalue weighted by atomic mass is 16.3. The molecule has 0 atom stereocenters. The molecule has 1 fully saturated rings. The minimum absolute atomic E-state index is 0.125. The van der Waals surface area contributed by atoms with Gasteiger partial charge in [0.2, 0.25) is 0 Å². The first-order valence-electron chi connectivity index (χ1n) is 8.00. The van der Waals surface area contributed by atoms with Crippen molar-refractivity contribution in [2.24, 2.45) is 7.05 Å². The molecule has 1 aliphatic carbocycles. The van der Waals surface area contributed by atoms with Crippen LogP contribution < -0.4 is 5.32 Å². The summed E-state index contributed by atoms with van der Waals surface area (Å²) in [5.41, 5.74) is 4.06. The maximum absolute atomic E-state index is 12.3. The average Bonchev–Trinajstić information content (AvgIpc) is 3.07. The summed E-state index contributed by atoms with van der Waals surface area (Å²) in [7, 11) is 1.89. The first kappa shape index (κ1) is 15.7. The van der Waals surface area contributed by atoms with E-state index in [4.69, 9.17) is 0 Å². The van der Waals surface area contributed by atoms with Crippen LogP contribution in [0.3, 0.4) is 0 Å². The molecular formula is C16H23N5O2. The predicted molar refractivity (Wildman–Crippen MR) is 86.0 cm³/mol. The van der Waals surface area contributed by atoms with Crippen molar-refractivity contribution >= 4 is 5.91 Å². The monoisotopic (exact) mass is 317 g/mol. The third-order valence-electron chi connectivity index (χ3n) is 4.62. The van der Waals surface area contributed by atoms with E-state index in [0.717, 1.165) is 48.3 Å². The highest BCUT2D eigenvalue weighted by Gasteiger charge is 2.23. The van der Waals surface area contributed by atoms with Gasteiger partial charge < -0.3 is 10.4 Å². The number of amides is 1. The number of hydrogen-bond donors (Lipinski definition) is 3. The predicted octanol–water partition coefficient (Wildman–Crippen LogP) is 1.46. The lowest BCUT2D eigenvalue weighted by Gasteiger charge is -2.25. The highest BCUT2D eigenvalue weighted by molar-refractivity contribution is 5.93. The zero-order valence-corrected chi connectivity index (χ0v) is 13.8. The molecule has 0 bridgehead atoms. The lowest BCUT2D eigenvalue weighted by molar-refractivity contribution is 0.0863.